The summed E-state index contributed by atoms with van der Waals surface area (Å²) >= 11 is 5.88. The lowest BCUT2D eigenvalue weighted by atomic mass is 10.1. The minimum absolute atomic E-state index is 0.0599. The fraction of sp³-hybridized carbons (Fsp3) is 0.359. The molecule has 2 saturated heterocycles. The number of carbonyl (C=O) groups excluding carboxylic acids is 2. The average Bonchev–Trinajstić information content (AvgIpc) is 4.09. The smallest absolute Gasteiger partial charge is 0.327 e. The zero-order valence-corrected chi connectivity index (χ0v) is 35.2. The molecule has 2 amide bonds. The van der Waals surface area contributed by atoms with Crippen molar-refractivity contribution in [2.45, 2.75) is 55.5 Å². The molecule has 8 rings (SSSR count). The SMILES string of the molecule is CO[C@H]1[C@@H](O)[C@@H](COP(=S)(OCCC#N)O[C@@H]2[C@H](OC)[C@H](n3cnc4c(NC(=O)c5ccccc5)ncnc43)O[C@@H]2CO)O[C@H]1n1cnc2c(NC(=O)c3ccccc3)ncnc21. The topological polar surface area (TPSA) is 274 Å². The molecule has 328 valence electrons. The fourth-order valence-corrected chi connectivity index (χ4v) is 9.30. The summed E-state index contributed by atoms with van der Waals surface area (Å²) in [7, 11) is 2.81. The van der Waals surface area contributed by atoms with Crippen LogP contribution in [0.2, 0.25) is 0 Å². The minimum atomic E-state index is -3.87. The van der Waals surface area contributed by atoms with Gasteiger partial charge in [-0.05, 0) is 36.1 Å². The van der Waals surface area contributed by atoms with Gasteiger partial charge in [0.2, 0.25) is 0 Å². The number of amides is 2. The van der Waals surface area contributed by atoms with Crippen LogP contribution >= 0.6 is 6.72 Å². The van der Waals surface area contributed by atoms with Crippen molar-refractivity contribution in [1.82, 2.24) is 39.0 Å². The second-order valence-corrected chi connectivity index (χ2v) is 17.0. The van der Waals surface area contributed by atoms with Crippen molar-refractivity contribution in [3.63, 3.8) is 0 Å². The van der Waals surface area contributed by atoms with Gasteiger partial charge in [0.1, 0.15) is 49.3 Å². The molecule has 0 aliphatic carbocycles. The van der Waals surface area contributed by atoms with E-state index in [-0.39, 0.29) is 53.6 Å². The maximum absolute atomic E-state index is 13.0. The zero-order valence-electron chi connectivity index (χ0n) is 33.5. The van der Waals surface area contributed by atoms with Crippen molar-refractivity contribution >= 4 is 64.3 Å². The first-order valence-electron chi connectivity index (χ1n) is 19.3. The minimum Gasteiger partial charge on any atom is -0.394 e. The van der Waals surface area contributed by atoms with Crippen LogP contribution in [-0.4, -0.2) is 132 Å². The van der Waals surface area contributed by atoms with Gasteiger partial charge in [-0.1, -0.05) is 36.4 Å². The summed E-state index contributed by atoms with van der Waals surface area (Å²) in [6.45, 7) is -4.97. The highest BCUT2D eigenvalue weighted by molar-refractivity contribution is 8.07. The molecular formula is C39H40N11O11PS. The summed E-state index contributed by atoms with van der Waals surface area (Å²) in [5.74, 6) is -0.484. The molecule has 2 aliphatic heterocycles. The van der Waals surface area contributed by atoms with Crippen LogP contribution in [0.5, 0.6) is 0 Å². The molecule has 0 spiro atoms. The summed E-state index contributed by atoms with van der Waals surface area (Å²) in [5.41, 5.74) is 1.91. The van der Waals surface area contributed by atoms with Crippen LogP contribution in [0.4, 0.5) is 11.6 Å². The van der Waals surface area contributed by atoms with E-state index in [4.69, 9.17) is 44.3 Å². The number of aromatic nitrogens is 8. The Bertz CT molecular complexity index is 2650. The second kappa shape index (κ2) is 19.3. The molecule has 4 N–H and O–H groups in total. The number of anilines is 2. The highest BCUT2D eigenvalue weighted by atomic mass is 32.5. The molecule has 4 aromatic heterocycles. The summed E-state index contributed by atoms with van der Waals surface area (Å²) in [6.07, 6.45) is -3.12. The van der Waals surface area contributed by atoms with Gasteiger partial charge in [-0.3, -0.25) is 23.2 Å². The van der Waals surface area contributed by atoms with Crippen LogP contribution < -0.4 is 10.6 Å². The van der Waals surface area contributed by atoms with Crippen LogP contribution in [0, 0.1) is 11.3 Å². The number of benzene rings is 2. The van der Waals surface area contributed by atoms with Crippen LogP contribution in [-0.2, 0) is 44.3 Å². The quantitative estimate of drug-likeness (QED) is 0.0757. The third-order valence-corrected chi connectivity index (χ3v) is 12.6. The van der Waals surface area contributed by atoms with Crippen LogP contribution in [0.25, 0.3) is 22.3 Å². The molecule has 6 heterocycles. The number of aliphatic hydroxyl groups excluding tert-OH is 2. The van der Waals surface area contributed by atoms with Crippen LogP contribution in [0.15, 0.2) is 86.0 Å². The highest BCUT2D eigenvalue weighted by Crippen LogP contribution is 2.54. The Labute approximate surface area is 363 Å². The van der Waals surface area contributed by atoms with E-state index in [0.717, 1.165) is 0 Å². The lowest BCUT2D eigenvalue weighted by Crippen LogP contribution is -2.38. The van der Waals surface area contributed by atoms with Gasteiger partial charge in [-0.15, -0.1) is 0 Å². The molecule has 2 aliphatic rings. The summed E-state index contributed by atoms with van der Waals surface area (Å²) < 4.78 is 45.8. The van der Waals surface area contributed by atoms with E-state index in [1.807, 2.05) is 6.07 Å². The maximum atomic E-state index is 13.0. The van der Waals surface area contributed by atoms with Gasteiger partial charge in [-0.2, -0.15) is 5.26 Å². The number of hydrogen-bond donors (Lipinski definition) is 4. The third-order valence-electron chi connectivity index (χ3n) is 10.2. The van der Waals surface area contributed by atoms with Gasteiger partial charge in [-0.25, -0.2) is 29.9 Å². The molecule has 9 atom stereocenters. The van der Waals surface area contributed by atoms with Gasteiger partial charge >= 0.3 is 6.72 Å². The van der Waals surface area contributed by atoms with Crippen molar-refractivity contribution < 1.29 is 52.3 Å². The van der Waals surface area contributed by atoms with Gasteiger partial charge in [0.25, 0.3) is 11.8 Å². The Balaban J connectivity index is 0.996. The molecule has 0 bridgehead atoms. The first-order valence-corrected chi connectivity index (χ1v) is 21.9. The highest BCUT2D eigenvalue weighted by Gasteiger charge is 2.51. The largest absolute Gasteiger partial charge is 0.394 e. The Morgan fingerprint density at radius 2 is 1.30 bits per heavy atom. The lowest BCUT2D eigenvalue weighted by molar-refractivity contribution is -0.0606. The number of nitrogens with one attached hydrogen (secondary N) is 2. The van der Waals surface area contributed by atoms with Gasteiger partial charge in [0.05, 0.1) is 45.0 Å². The molecule has 0 saturated carbocycles. The number of aliphatic hydroxyl groups is 2. The molecule has 22 nitrogen and oxygen atoms in total. The number of rotatable bonds is 17. The monoisotopic (exact) mass is 901 g/mol. The van der Waals surface area contributed by atoms with E-state index in [1.54, 1.807) is 69.8 Å². The number of carbonyl (C=O) groups is 2. The third kappa shape index (κ3) is 9.05. The molecular weight excluding hydrogens is 862 g/mol. The molecule has 0 radical (unpaired) electrons. The number of fused-ring (bicyclic) bond motifs is 2. The van der Waals surface area contributed by atoms with Gasteiger partial charge in [0, 0.05) is 25.3 Å². The maximum Gasteiger partial charge on any atom is 0.327 e. The van der Waals surface area contributed by atoms with E-state index >= 15 is 0 Å². The van der Waals surface area contributed by atoms with Crippen LogP contribution in [0.1, 0.15) is 39.6 Å². The van der Waals surface area contributed by atoms with Crippen molar-refractivity contribution in [2.24, 2.45) is 0 Å². The number of nitrogens with zero attached hydrogens (tertiary/aromatic N) is 9. The number of nitriles is 1. The standard InChI is InChI=1S/C39H40N11O11PS/c1-55-30-28(52)25(60-38(30)49-20-45-26-32(41-18-43-34(26)49)47-36(53)22-10-5-3-6-11-22)17-58-62(63,57-15-9-14-40)61-29-24(16-51)59-39(31(29)56-2)50-21-46-27-33(42-19-44-35(27)50)48-37(54)23-12-7-4-8-13-23/h3-8,10-13,18-21,24-25,28-31,38-39,51-52H,9,15-17H2,1-2H3,(H,41,43,47,53)(H,42,44,48,54)/t24-,25-,28+,29+,30+,31+,38-,39-,62?/m1/s1. The molecule has 2 aromatic carbocycles. The Morgan fingerprint density at radius 3 is 1.81 bits per heavy atom. The van der Waals surface area contributed by atoms with E-state index in [9.17, 15) is 25.1 Å². The summed E-state index contributed by atoms with van der Waals surface area (Å²) in [4.78, 5) is 52.0. The summed E-state index contributed by atoms with van der Waals surface area (Å²) in [5, 5.41) is 36.8. The number of methoxy groups -OCH3 is 2. The number of ether oxygens (including phenoxy) is 4. The fourth-order valence-electron chi connectivity index (χ4n) is 7.20. The predicted molar refractivity (Wildman–Crippen MR) is 223 cm³/mol. The Hall–Kier alpha value is -5.74. The first kappa shape index (κ1) is 43.9. The van der Waals surface area contributed by atoms with Crippen molar-refractivity contribution in [1.29, 1.82) is 5.26 Å². The molecule has 6 aromatic rings. The lowest BCUT2D eigenvalue weighted by Gasteiger charge is -2.30. The normalized spacial score (nSPS) is 24.3. The first-order chi connectivity index (χ1) is 30.7. The van der Waals surface area contributed by atoms with Crippen molar-refractivity contribution in [2.75, 3.05) is 44.7 Å². The molecule has 24 heteroatoms. The molecule has 1 unspecified atom stereocenters. The average molecular weight is 902 g/mol. The molecule has 63 heavy (non-hydrogen) atoms. The van der Waals surface area contributed by atoms with E-state index < -0.39 is 74.2 Å². The van der Waals surface area contributed by atoms with E-state index in [1.165, 1.54) is 39.5 Å². The zero-order chi connectivity index (χ0) is 44.1. The Kier molecular flexibility index (Phi) is 13.5. The number of hydrogen-bond acceptors (Lipinski definition) is 19. The van der Waals surface area contributed by atoms with Crippen molar-refractivity contribution in [3.05, 3.63) is 97.1 Å². The van der Waals surface area contributed by atoms with Gasteiger partial charge < -0.3 is 48.8 Å². The summed E-state index contributed by atoms with van der Waals surface area (Å²) in [6, 6.07) is 19.2. The Morgan fingerprint density at radius 1 is 0.778 bits per heavy atom. The van der Waals surface area contributed by atoms with E-state index in [0.29, 0.717) is 11.1 Å². The second-order valence-electron chi connectivity index (χ2n) is 14.0. The van der Waals surface area contributed by atoms with Gasteiger partial charge in [0.15, 0.2) is 46.4 Å². The van der Waals surface area contributed by atoms with Crippen molar-refractivity contribution in [3.8, 4) is 6.07 Å². The van der Waals surface area contributed by atoms with E-state index in [2.05, 4.69) is 40.5 Å². The molecule has 2 fully saturated rings. The number of imidazole rings is 2. The van der Waals surface area contributed by atoms with Crippen LogP contribution in [0.3, 0.4) is 0 Å². The predicted octanol–water partition coefficient (Wildman–Crippen LogP) is 2.91.